The largest absolute Gasteiger partial charge is 0.395 e. The molecular formula is C8H15NO4S. The lowest BCUT2D eigenvalue weighted by molar-refractivity contribution is -0.123. The fraction of sp³-hybridized carbons (Fsp3) is 0.875. The summed E-state index contributed by atoms with van der Waals surface area (Å²) in [6.45, 7) is 1.78. The second kappa shape index (κ2) is 3.86. The van der Waals surface area contributed by atoms with Crippen LogP contribution in [0.2, 0.25) is 0 Å². The Labute approximate surface area is 83.6 Å². The molecule has 82 valence electrons. The molecule has 0 radical (unpaired) electrons. The van der Waals surface area contributed by atoms with Gasteiger partial charge in [-0.05, 0) is 13.3 Å². The van der Waals surface area contributed by atoms with Gasteiger partial charge in [0.25, 0.3) is 0 Å². The predicted octanol–water partition coefficient (Wildman–Crippen LogP) is -0.986. The van der Waals surface area contributed by atoms with Gasteiger partial charge in [0.1, 0.15) is 0 Å². The van der Waals surface area contributed by atoms with E-state index in [9.17, 15) is 13.2 Å². The van der Waals surface area contributed by atoms with Gasteiger partial charge in [0.05, 0.1) is 23.7 Å². The van der Waals surface area contributed by atoms with Gasteiger partial charge >= 0.3 is 0 Å². The molecule has 0 aromatic rings. The van der Waals surface area contributed by atoms with Gasteiger partial charge in [-0.1, -0.05) is 0 Å². The molecule has 0 aromatic carbocycles. The van der Waals surface area contributed by atoms with E-state index < -0.39 is 15.4 Å². The van der Waals surface area contributed by atoms with Crippen molar-refractivity contribution >= 4 is 16.2 Å². The first-order valence-corrected chi connectivity index (χ1v) is 6.29. The highest BCUT2D eigenvalue weighted by Gasteiger charge is 2.42. The maximum absolute atomic E-state index is 11.3. The van der Waals surface area contributed by atoms with Crippen molar-refractivity contribution in [2.45, 2.75) is 18.9 Å². The van der Waals surface area contributed by atoms with Crippen LogP contribution in [0.5, 0.6) is 0 Å². The molecule has 1 N–H and O–H groups in total. The SMILES string of the molecule is C[C@@]1(N(C=O)CCO)CCS(=O)(=O)C1. The van der Waals surface area contributed by atoms with Crippen LogP contribution in [0.1, 0.15) is 13.3 Å². The van der Waals surface area contributed by atoms with Crippen molar-refractivity contribution in [3.05, 3.63) is 0 Å². The summed E-state index contributed by atoms with van der Waals surface area (Å²) in [6.07, 6.45) is 1.06. The molecule has 1 aliphatic heterocycles. The molecule has 1 heterocycles. The highest BCUT2D eigenvalue weighted by atomic mass is 32.2. The molecule has 1 rings (SSSR count). The summed E-state index contributed by atoms with van der Waals surface area (Å²) < 4.78 is 22.5. The Morgan fingerprint density at radius 2 is 2.21 bits per heavy atom. The molecule has 1 saturated heterocycles. The van der Waals surface area contributed by atoms with E-state index in [4.69, 9.17) is 5.11 Å². The normalized spacial score (nSPS) is 30.1. The molecule has 1 aliphatic rings. The molecule has 0 aliphatic carbocycles. The summed E-state index contributed by atoms with van der Waals surface area (Å²) in [5.74, 6) is 0.123. The van der Waals surface area contributed by atoms with Crippen LogP contribution in [0, 0.1) is 0 Å². The molecule has 1 atom stereocenters. The maximum atomic E-state index is 11.3. The zero-order chi connectivity index (χ0) is 10.8. The summed E-state index contributed by atoms with van der Waals surface area (Å²) in [6, 6.07) is 0. The highest BCUT2D eigenvalue weighted by molar-refractivity contribution is 7.91. The summed E-state index contributed by atoms with van der Waals surface area (Å²) >= 11 is 0. The number of aliphatic hydroxyl groups excluding tert-OH is 1. The van der Waals surface area contributed by atoms with Crippen LogP contribution in [0.15, 0.2) is 0 Å². The van der Waals surface area contributed by atoms with Gasteiger partial charge in [-0.15, -0.1) is 0 Å². The number of carbonyl (C=O) groups excluding carboxylic acids is 1. The fourth-order valence-corrected chi connectivity index (χ4v) is 3.93. The number of carbonyl (C=O) groups is 1. The minimum absolute atomic E-state index is 0.00125. The van der Waals surface area contributed by atoms with E-state index in [1.165, 1.54) is 4.90 Å². The summed E-state index contributed by atoms with van der Waals surface area (Å²) in [5.41, 5.74) is -0.636. The number of amides is 1. The van der Waals surface area contributed by atoms with Crippen molar-refractivity contribution in [3.8, 4) is 0 Å². The van der Waals surface area contributed by atoms with Crippen LogP contribution in [-0.4, -0.2) is 55.0 Å². The van der Waals surface area contributed by atoms with E-state index in [2.05, 4.69) is 0 Å². The lowest BCUT2D eigenvalue weighted by Gasteiger charge is -2.33. The van der Waals surface area contributed by atoms with E-state index in [0.717, 1.165) is 0 Å². The molecule has 0 saturated carbocycles. The van der Waals surface area contributed by atoms with Gasteiger partial charge in [0, 0.05) is 6.54 Å². The van der Waals surface area contributed by atoms with Crippen molar-refractivity contribution in [2.24, 2.45) is 0 Å². The number of rotatable bonds is 4. The molecule has 0 aromatic heterocycles. The zero-order valence-electron chi connectivity index (χ0n) is 8.14. The van der Waals surface area contributed by atoms with Gasteiger partial charge in [-0.2, -0.15) is 0 Å². The van der Waals surface area contributed by atoms with E-state index in [1.807, 2.05) is 0 Å². The van der Waals surface area contributed by atoms with E-state index in [1.54, 1.807) is 6.92 Å². The first-order chi connectivity index (χ1) is 6.43. The van der Waals surface area contributed by atoms with E-state index in [-0.39, 0.29) is 24.7 Å². The Hall–Kier alpha value is -0.620. The molecule has 5 nitrogen and oxygen atoms in total. The average Bonchev–Trinajstić information content (AvgIpc) is 2.37. The Morgan fingerprint density at radius 3 is 2.57 bits per heavy atom. The molecule has 1 amide bonds. The maximum Gasteiger partial charge on any atom is 0.210 e. The van der Waals surface area contributed by atoms with Crippen LogP contribution in [0.3, 0.4) is 0 Å². The molecule has 0 unspecified atom stereocenters. The fourth-order valence-electron chi connectivity index (χ4n) is 1.78. The number of aliphatic hydroxyl groups is 1. The molecule has 6 heteroatoms. The number of hydrogen-bond donors (Lipinski definition) is 1. The van der Waals surface area contributed by atoms with Crippen LogP contribution in [0.4, 0.5) is 0 Å². The topological polar surface area (TPSA) is 74.7 Å². The number of sulfone groups is 1. The molecule has 1 fully saturated rings. The Morgan fingerprint density at radius 1 is 1.57 bits per heavy atom. The first kappa shape index (κ1) is 11.5. The van der Waals surface area contributed by atoms with Gasteiger partial charge < -0.3 is 10.0 Å². The van der Waals surface area contributed by atoms with Crippen molar-refractivity contribution < 1.29 is 18.3 Å². The third-order valence-corrected chi connectivity index (χ3v) is 4.53. The second-order valence-corrected chi connectivity index (χ2v) is 6.05. The highest BCUT2D eigenvalue weighted by Crippen LogP contribution is 2.28. The van der Waals surface area contributed by atoms with Crippen LogP contribution in [0.25, 0.3) is 0 Å². The standard InChI is InChI=1S/C8H15NO4S/c1-8(9(7-11)3-4-10)2-5-14(12,13)6-8/h7,10H,2-6H2,1H3/t8-/m1/s1. The summed E-state index contributed by atoms with van der Waals surface area (Å²) in [7, 11) is -3.01. The minimum Gasteiger partial charge on any atom is -0.395 e. The first-order valence-electron chi connectivity index (χ1n) is 4.47. The van der Waals surface area contributed by atoms with Gasteiger partial charge in [0.15, 0.2) is 9.84 Å². The van der Waals surface area contributed by atoms with Gasteiger partial charge in [-0.25, -0.2) is 8.42 Å². The Bertz CT molecular complexity index is 313. The summed E-state index contributed by atoms with van der Waals surface area (Å²) in [4.78, 5) is 12.1. The van der Waals surface area contributed by atoms with E-state index >= 15 is 0 Å². The lowest BCUT2D eigenvalue weighted by atomic mass is 10.0. The van der Waals surface area contributed by atoms with Crippen molar-refractivity contribution in [3.63, 3.8) is 0 Å². The Kier molecular flexibility index (Phi) is 3.16. The minimum atomic E-state index is -3.01. The quantitative estimate of drug-likeness (QED) is 0.619. The van der Waals surface area contributed by atoms with Gasteiger partial charge in [-0.3, -0.25) is 4.79 Å². The zero-order valence-corrected chi connectivity index (χ0v) is 8.96. The molecule has 0 bridgehead atoms. The molecule has 0 spiro atoms. The van der Waals surface area contributed by atoms with Crippen LogP contribution in [-0.2, 0) is 14.6 Å². The predicted molar refractivity (Wildman–Crippen MR) is 51.5 cm³/mol. The third kappa shape index (κ3) is 2.24. The van der Waals surface area contributed by atoms with Crippen molar-refractivity contribution in [1.82, 2.24) is 4.90 Å². The second-order valence-electron chi connectivity index (χ2n) is 3.86. The smallest absolute Gasteiger partial charge is 0.210 e. The van der Waals surface area contributed by atoms with Crippen LogP contribution < -0.4 is 0 Å². The number of hydrogen-bond acceptors (Lipinski definition) is 4. The average molecular weight is 221 g/mol. The number of β-amino-alcohol motifs (C(OH)–C–C–N with tert-alkyl or cyclic N) is 1. The molecular weight excluding hydrogens is 206 g/mol. The van der Waals surface area contributed by atoms with Crippen molar-refractivity contribution in [2.75, 3.05) is 24.7 Å². The summed E-state index contributed by atoms with van der Waals surface area (Å²) in [5, 5.41) is 8.72. The lowest BCUT2D eigenvalue weighted by Crippen LogP contribution is -2.47. The number of nitrogens with zero attached hydrogens (tertiary/aromatic N) is 1. The Balaban J connectivity index is 2.80. The molecule has 14 heavy (non-hydrogen) atoms. The van der Waals surface area contributed by atoms with Crippen LogP contribution >= 0.6 is 0 Å². The monoisotopic (exact) mass is 221 g/mol. The van der Waals surface area contributed by atoms with Crippen molar-refractivity contribution in [1.29, 1.82) is 0 Å². The van der Waals surface area contributed by atoms with Gasteiger partial charge in [0.2, 0.25) is 6.41 Å². The third-order valence-electron chi connectivity index (χ3n) is 2.64. The van der Waals surface area contributed by atoms with E-state index in [0.29, 0.717) is 12.8 Å².